The third kappa shape index (κ3) is 10.9. The minimum absolute atomic E-state index is 0.0469. The molecule has 0 aromatic carbocycles. The van der Waals surface area contributed by atoms with Gasteiger partial charge >= 0.3 is 24.0 Å². The van der Waals surface area contributed by atoms with Gasteiger partial charge in [-0.3, -0.25) is 19.2 Å². The van der Waals surface area contributed by atoms with Gasteiger partial charge in [-0.2, -0.15) is 13.2 Å². The van der Waals surface area contributed by atoms with Gasteiger partial charge in [-0.05, 0) is 18.6 Å². The van der Waals surface area contributed by atoms with Crippen molar-refractivity contribution in [3.63, 3.8) is 0 Å². The van der Waals surface area contributed by atoms with Gasteiger partial charge in [0.2, 0.25) is 5.91 Å². The standard InChI is InChI=1S/C21H33F3N2O7S/c1-12-17(26-13(2)27)19(33-16(11-31-14(3)28)18(12)32-15(4)29)34-10-8-6-5-7-9-25-20(30)21(22,23)24/h12,16-19H,5-11H2,1-4H3,(H,25,30)(H,26,27). The first-order chi connectivity index (χ1) is 15.8. The Bertz CT molecular complexity index is 706. The Morgan fingerprint density at radius 1 is 1.00 bits per heavy atom. The number of esters is 2. The first-order valence-corrected chi connectivity index (χ1v) is 12.1. The van der Waals surface area contributed by atoms with E-state index in [0.717, 1.165) is 12.8 Å². The third-order valence-electron chi connectivity index (χ3n) is 5.07. The number of carbonyl (C=O) groups excluding carboxylic acids is 4. The number of hydrogen-bond donors (Lipinski definition) is 2. The summed E-state index contributed by atoms with van der Waals surface area (Å²) >= 11 is 1.45. The van der Waals surface area contributed by atoms with Crippen molar-refractivity contribution < 1.29 is 46.6 Å². The average molecular weight is 515 g/mol. The number of carbonyl (C=O) groups is 4. The molecular weight excluding hydrogens is 481 g/mol. The quantitative estimate of drug-likeness (QED) is 0.301. The molecule has 1 aliphatic rings. The molecule has 0 aromatic rings. The number of nitrogens with one attached hydrogen (secondary N) is 2. The Morgan fingerprint density at radius 3 is 2.21 bits per heavy atom. The lowest BCUT2D eigenvalue weighted by Crippen LogP contribution is -2.60. The molecule has 34 heavy (non-hydrogen) atoms. The van der Waals surface area contributed by atoms with Crippen LogP contribution in [0.1, 0.15) is 53.4 Å². The highest BCUT2D eigenvalue weighted by Crippen LogP contribution is 2.34. The van der Waals surface area contributed by atoms with Gasteiger partial charge in [0.15, 0.2) is 0 Å². The number of amides is 2. The van der Waals surface area contributed by atoms with Crippen LogP contribution in [0.3, 0.4) is 0 Å². The van der Waals surface area contributed by atoms with E-state index in [9.17, 15) is 32.3 Å². The maximum absolute atomic E-state index is 12.1. The summed E-state index contributed by atoms with van der Waals surface area (Å²) in [5.41, 5.74) is -0.489. The highest BCUT2D eigenvalue weighted by Gasteiger charge is 2.46. The molecule has 5 unspecified atom stereocenters. The molecule has 0 bridgehead atoms. The molecule has 2 amide bonds. The van der Waals surface area contributed by atoms with E-state index in [2.05, 4.69) is 5.32 Å². The molecule has 1 heterocycles. The predicted octanol–water partition coefficient (Wildman–Crippen LogP) is 2.32. The number of alkyl halides is 3. The topological polar surface area (TPSA) is 120 Å². The van der Waals surface area contributed by atoms with Gasteiger partial charge in [-0.25, -0.2) is 0 Å². The predicted molar refractivity (Wildman–Crippen MR) is 118 cm³/mol. The van der Waals surface area contributed by atoms with Crippen molar-refractivity contribution in [2.45, 2.75) is 83.2 Å². The molecule has 1 fully saturated rings. The molecule has 0 saturated carbocycles. The van der Waals surface area contributed by atoms with Gasteiger partial charge in [0, 0.05) is 33.2 Å². The van der Waals surface area contributed by atoms with Crippen LogP contribution in [0.4, 0.5) is 13.2 Å². The maximum Gasteiger partial charge on any atom is 0.471 e. The average Bonchev–Trinajstić information content (AvgIpc) is 2.71. The van der Waals surface area contributed by atoms with E-state index in [0.29, 0.717) is 18.6 Å². The minimum atomic E-state index is -4.87. The molecule has 1 rings (SSSR count). The summed E-state index contributed by atoms with van der Waals surface area (Å²) in [6.07, 6.45) is -3.78. The third-order valence-corrected chi connectivity index (χ3v) is 6.33. The van der Waals surface area contributed by atoms with Crippen LogP contribution in [0.15, 0.2) is 0 Å². The van der Waals surface area contributed by atoms with Gasteiger partial charge < -0.3 is 24.8 Å². The monoisotopic (exact) mass is 514 g/mol. The number of rotatable bonds is 12. The van der Waals surface area contributed by atoms with Gasteiger partial charge in [0.1, 0.15) is 24.3 Å². The number of ether oxygens (including phenoxy) is 3. The normalized spacial score (nSPS) is 24.7. The lowest BCUT2D eigenvalue weighted by Gasteiger charge is -2.44. The van der Waals surface area contributed by atoms with Gasteiger partial charge in [-0.15, -0.1) is 11.8 Å². The summed E-state index contributed by atoms with van der Waals surface area (Å²) in [6.45, 7) is 5.56. The van der Waals surface area contributed by atoms with E-state index in [1.807, 2.05) is 12.2 Å². The van der Waals surface area contributed by atoms with Crippen LogP contribution in [-0.2, 0) is 33.4 Å². The number of unbranched alkanes of at least 4 members (excludes halogenated alkanes) is 3. The van der Waals surface area contributed by atoms with Gasteiger partial charge in [0.25, 0.3) is 0 Å². The second-order valence-corrected chi connectivity index (χ2v) is 9.25. The maximum atomic E-state index is 12.1. The summed E-state index contributed by atoms with van der Waals surface area (Å²) < 4.78 is 53.0. The van der Waals surface area contributed by atoms with E-state index in [-0.39, 0.29) is 25.0 Å². The molecule has 2 N–H and O–H groups in total. The van der Waals surface area contributed by atoms with Crippen LogP contribution >= 0.6 is 11.8 Å². The smallest absolute Gasteiger partial charge is 0.463 e. The lowest BCUT2D eigenvalue weighted by atomic mass is 9.89. The second kappa shape index (κ2) is 14.4. The zero-order chi connectivity index (χ0) is 25.9. The van der Waals surface area contributed by atoms with Crippen LogP contribution in [0.5, 0.6) is 0 Å². The zero-order valence-electron chi connectivity index (χ0n) is 19.7. The molecule has 1 aliphatic heterocycles. The fourth-order valence-corrected chi connectivity index (χ4v) is 4.84. The molecular formula is C21H33F3N2O7S. The number of hydrogen-bond acceptors (Lipinski definition) is 8. The summed E-state index contributed by atoms with van der Waals surface area (Å²) in [5, 5.41) is 4.68. The molecule has 0 aliphatic carbocycles. The van der Waals surface area contributed by atoms with Crippen molar-refractivity contribution in [1.29, 1.82) is 0 Å². The van der Waals surface area contributed by atoms with Crippen molar-refractivity contribution in [1.82, 2.24) is 10.6 Å². The highest BCUT2D eigenvalue weighted by molar-refractivity contribution is 7.99. The van der Waals surface area contributed by atoms with E-state index >= 15 is 0 Å². The molecule has 1 saturated heterocycles. The Kier molecular flexibility index (Phi) is 12.7. The van der Waals surface area contributed by atoms with Crippen LogP contribution in [0, 0.1) is 5.92 Å². The Morgan fingerprint density at radius 2 is 1.65 bits per heavy atom. The van der Waals surface area contributed by atoms with Gasteiger partial charge in [-0.1, -0.05) is 19.8 Å². The van der Waals surface area contributed by atoms with Crippen LogP contribution in [-0.4, -0.2) is 72.5 Å². The van der Waals surface area contributed by atoms with Gasteiger partial charge in [0.05, 0.1) is 6.04 Å². The van der Waals surface area contributed by atoms with Crippen molar-refractivity contribution >= 4 is 35.5 Å². The second-order valence-electron chi connectivity index (χ2n) is 8.04. The van der Waals surface area contributed by atoms with E-state index in [1.165, 1.54) is 32.5 Å². The van der Waals surface area contributed by atoms with E-state index in [1.54, 1.807) is 0 Å². The molecule has 9 nitrogen and oxygen atoms in total. The zero-order valence-corrected chi connectivity index (χ0v) is 20.6. The van der Waals surface area contributed by atoms with E-state index < -0.39 is 47.7 Å². The molecule has 5 atom stereocenters. The fraction of sp³-hybridized carbons (Fsp3) is 0.810. The summed E-state index contributed by atoms with van der Waals surface area (Å²) in [4.78, 5) is 45.4. The Balaban J connectivity index is 2.60. The molecule has 0 radical (unpaired) electrons. The first kappa shape index (κ1) is 30.0. The van der Waals surface area contributed by atoms with Crippen LogP contribution in [0.25, 0.3) is 0 Å². The van der Waals surface area contributed by atoms with Crippen molar-refractivity contribution in [2.75, 3.05) is 18.9 Å². The first-order valence-electron chi connectivity index (χ1n) is 11.0. The SMILES string of the molecule is CC(=O)NC1C(SCCCCCCNC(=O)C(F)(F)F)OC(COC(C)=O)C(OC(C)=O)C1C. The lowest BCUT2D eigenvalue weighted by molar-refractivity contribution is -0.187. The van der Waals surface area contributed by atoms with Crippen molar-refractivity contribution in [2.24, 2.45) is 5.92 Å². The summed E-state index contributed by atoms with van der Waals surface area (Å²) in [7, 11) is 0. The summed E-state index contributed by atoms with van der Waals surface area (Å²) in [6, 6.07) is -0.460. The largest absolute Gasteiger partial charge is 0.471 e. The van der Waals surface area contributed by atoms with E-state index in [4.69, 9.17) is 14.2 Å². The minimum Gasteiger partial charge on any atom is -0.463 e. The molecule has 13 heteroatoms. The van der Waals surface area contributed by atoms with Crippen LogP contribution < -0.4 is 10.6 Å². The highest BCUT2D eigenvalue weighted by atomic mass is 32.2. The van der Waals surface area contributed by atoms with Crippen LogP contribution in [0.2, 0.25) is 0 Å². The summed E-state index contributed by atoms with van der Waals surface area (Å²) in [5.74, 6) is -2.92. The molecule has 196 valence electrons. The molecule has 0 aromatic heterocycles. The number of thioether (sulfide) groups is 1. The molecule has 0 spiro atoms. The Labute approximate surface area is 201 Å². The van der Waals surface area contributed by atoms with Crippen molar-refractivity contribution in [3.05, 3.63) is 0 Å². The van der Waals surface area contributed by atoms with Crippen molar-refractivity contribution in [3.8, 4) is 0 Å². The Hall–Kier alpha value is -2.02. The number of halogens is 3. The fourth-order valence-electron chi connectivity index (χ4n) is 3.49.